The van der Waals surface area contributed by atoms with E-state index in [0.29, 0.717) is 0 Å². The summed E-state index contributed by atoms with van der Waals surface area (Å²) in [6.07, 6.45) is 0. The molecule has 62 heavy (non-hydrogen) atoms. The third-order valence-electron chi connectivity index (χ3n) is 12.8. The summed E-state index contributed by atoms with van der Waals surface area (Å²) in [5.41, 5.74) is 14.6. The number of fused-ring (bicyclic) bond motifs is 5. The van der Waals surface area contributed by atoms with Gasteiger partial charge in [-0.25, -0.2) is 0 Å². The Balaban J connectivity index is 1.09. The van der Waals surface area contributed by atoms with Crippen LogP contribution < -0.4 is 0 Å². The van der Waals surface area contributed by atoms with Crippen LogP contribution in [0.25, 0.3) is 121 Å². The van der Waals surface area contributed by atoms with Crippen molar-refractivity contribution in [2.75, 3.05) is 0 Å². The molecule has 0 aliphatic heterocycles. The van der Waals surface area contributed by atoms with Crippen LogP contribution in [0.5, 0.6) is 0 Å². The Morgan fingerprint density at radius 1 is 0.145 bits per heavy atom. The van der Waals surface area contributed by atoms with Gasteiger partial charge >= 0.3 is 0 Å². The second-order valence-electron chi connectivity index (χ2n) is 16.4. The van der Waals surface area contributed by atoms with Crippen LogP contribution in [0.1, 0.15) is 0 Å². The van der Waals surface area contributed by atoms with E-state index in [0.717, 1.165) is 0 Å². The lowest BCUT2D eigenvalue weighted by Gasteiger charge is -2.19. The molecule has 0 atom stereocenters. The van der Waals surface area contributed by atoms with Gasteiger partial charge in [-0.2, -0.15) is 0 Å². The van der Waals surface area contributed by atoms with Crippen LogP contribution in [-0.2, 0) is 0 Å². The Kier molecular flexibility index (Phi) is 8.61. The second kappa shape index (κ2) is 14.9. The lowest BCUT2D eigenvalue weighted by atomic mass is 9.84. The van der Waals surface area contributed by atoms with Gasteiger partial charge in [0.15, 0.2) is 0 Å². The van der Waals surface area contributed by atoms with Gasteiger partial charge in [-0.15, -0.1) is 0 Å². The predicted octanol–water partition coefficient (Wildman–Crippen LogP) is 17.5. The highest BCUT2D eigenvalue weighted by Crippen LogP contribution is 2.45. The molecule has 0 spiro atoms. The summed E-state index contributed by atoms with van der Waals surface area (Å²) < 4.78 is 0. The van der Waals surface area contributed by atoms with Crippen molar-refractivity contribution in [3.63, 3.8) is 0 Å². The van der Waals surface area contributed by atoms with Gasteiger partial charge in [0.2, 0.25) is 0 Å². The van der Waals surface area contributed by atoms with Gasteiger partial charge in [-0.1, -0.05) is 206 Å². The average molecular weight is 785 g/mol. The van der Waals surface area contributed by atoms with Crippen LogP contribution in [0, 0.1) is 0 Å². The van der Waals surface area contributed by atoms with Gasteiger partial charge in [-0.3, -0.25) is 0 Å². The molecule has 0 amide bonds. The number of benzene rings is 12. The van der Waals surface area contributed by atoms with E-state index in [-0.39, 0.29) is 0 Å². The first-order valence-electron chi connectivity index (χ1n) is 21.5. The van der Waals surface area contributed by atoms with Crippen molar-refractivity contribution in [2.45, 2.75) is 0 Å². The molecule has 0 N–H and O–H groups in total. The van der Waals surface area contributed by atoms with Crippen LogP contribution in [0.15, 0.2) is 243 Å². The highest BCUT2D eigenvalue weighted by molar-refractivity contribution is 6.14. The van der Waals surface area contributed by atoms with Crippen molar-refractivity contribution < 1.29 is 0 Å². The molecule has 0 heterocycles. The van der Waals surface area contributed by atoms with E-state index in [1.807, 2.05) is 0 Å². The zero-order valence-electron chi connectivity index (χ0n) is 34.1. The van der Waals surface area contributed by atoms with Gasteiger partial charge < -0.3 is 0 Å². The highest BCUT2D eigenvalue weighted by atomic mass is 14.2. The van der Waals surface area contributed by atoms with Crippen molar-refractivity contribution >= 4 is 53.9 Å². The molecule has 0 radical (unpaired) electrons. The molecule has 0 aliphatic rings. The summed E-state index contributed by atoms with van der Waals surface area (Å²) >= 11 is 0. The molecule has 0 aromatic heterocycles. The molecular formula is C62H40. The van der Waals surface area contributed by atoms with E-state index in [9.17, 15) is 0 Å². The van der Waals surface area contributed by atoms with Gasteiger partial charge in [0.1, 0.15) is 0 Å². The van der Waals surface area contributed by atoms with Crippen molar-refractivity contribution in [3.8, 4) is 66.8 Å². The van der Waals surface area contributed by atoms with E-state index in [1.54, 1.807) is 0 Å². The van der Waals surface area contributed by atoms with Crippen LogP contribution >= 0.6 is 0 Å². The van der Waals surface area contributed by atoms with Crippen LogP contribution in [0.4, 0.5) is 0 Å². The first kappa shape index (κ1) is 35.8. The number of rotatable bonds is 6. The largest absolute Gasteiger partial charge is 0.0622 e. The zero-order chi connectivity index (χ0) is 41.0. The fraction of sp³-hybridized carbons (Fsp3) is 0. The Morgan fingerprint density at radius 3 is 0.855 bits per heavy atom. The molecule has 0 fully saturated rings. The van der Waals surface area contributed by atoms with Crippen molar-refractivity contribution in [2.24, 2.45) is 0 Å². The maximum atomic E-state index is 2.44. The fourth-order valence-corrected chi connectivity index (χ4v) is 9.80. The zero-order valence-corrected chi connectivity index (χ0v) is 34.1. The summed E-state index contributed by atoms with van der Waals surface area (Å²) in [7, 11) is 0. The summed E-state index contributed by atoms with van der Waals surface area (Å²) in [4.78, 5) is 0. The minimum Gasteiger partial charge on any atom is -0.0622 e. The van der Waals surface area contributed by atoms with Crippen LogP contribution in [-0.4, -0.2) is 0 Å². The summed E-state index contributed by atoms with van der Waals surface area (Å²) in [6, 6.07) is 89.6. The standard InChI is InChI=1S/C62H40/c1-3-17-43(18-4-1)59-37-49(53-33-31-51(55-23-11-13-25-57(53)55)47-29-27-41-15-7-9-21-45(41)35-47)40-62-60(44-19-5-2-6-20-44)38-50(39-61(59)62)54-34-32-52(56-24-12-14-26-58(54)56)48-30-28-42-16-8-10-22-46(42)36-48/h1-40H. The lowest BCUT2D eigenvalue weighted by molar-refractivity contribution is 1.60. The Hall–Kier alpha value is -8.06. The monoisotopic (exact) mass is 784 g/mol. The maximum absolute atomic E-state index is 2.44. The fourth-order valence-electron chi connectivity index (χ4n) is 9.80. The smallest absolute Gasteiger partial charge is 0.00926 e. The molecule has 0 aliphatic carbocycles. The minimum absolute atomic E-state index is 1.20. The summed E-state index contributed by atoms with van der Waals surface area (Å²) in [5, 5.41) is 12.5. The molecular weight excluding hydrogens is 745 g/mol. The number of hydrogen-bond donors (Lipinski definition) is 0. The van der Waals surface area contributed by atoms with Crippen LogP contribution in [0.2, 0.25) is 0 Å². The highest BCUT2D eigenvalue weighted by Gasteiger charge is 2.19. The maximum Gasteiger partial charge on any atom is -0.00926 e. The first-order valence-corrected chi connectivity index (χ1v) is 21.5. The topological polar surface area (TPSA) is 0 Å². The second-order valence-corrected chi connectivity index (χ2v) is 16.4. The molecule has 0 saturated heterocycles. The third-order valence-corrected chi connectivity index (χ3v) is 12.8. The molecule has 12 rings (SSSR count). The lowest BCUT2D eigenvalue weighted by Crippen LogP contribution is -1.93. The third kappa shape index (κ3) is 6.16. The molecule has 12 aromatic carbocycles. The van der Waals surface area contributed by atoms with E-state index >= 15 is 0 Å². The minimum atomic E-state index is 1.20. The number of hydrogen-bond acceptors (Lipinski definition) is 0. The molecule has 0 nitrogen and oxygen atoms in total. The normalized spacial score (nSPS) is 11.5. The summed E-state index contributed by atoms with van der Waals surface area (Å²) in [5.74, 6) is 0. The average Bonchev–Trinajstić information content (AvgIpc) is 3.35. The summed E-state index contributed by atoms with van der Waals surface area (Å²) in [6.45, 7) is 0. The Labute approximate surface area is 361 Å². The van der Waals surface area contributed by atoms with Gasteiger partial charge in [0, 0.05) is 0 Å². The first-order chi connectivity index (χ1) is 30.7. The van der Waals surface area contributed by atoms with E-state index < -0.39 is 0 Å². The van der Waals surface area contributed by atoms with E-state index in [1.165, 1.54) is 121 Å². The van der Waals surface area contributed by atoms with Crippen molar-refractivity contribution in [3.05, 3.63) is 243 Å². The van der Waals surface area contributed by atoms with Gasteiger partial charge in [0.05, 0.1) is 0 Å². The molecule has 0 heteroatoms. The van der Waals surface area contributed by atoms with E-state index in [4.69, 9.17) is 0 Å². The molecule has 0 saturated carbocycles. The van der Waals surface area contributed by atoms with Crippen molar-refractivity contribution in [1.82, 2.24) is 0 Å². The SMILES string of the molecule is c1ccc(-c2cc(-c3ccc(-c4ccc5ccccc5c4)c4ccccc34)cc3c(-c4ccccc4)cc(-c4ccc(-c5ccc6ccccc6c5)c5ccccc45)cc23)cc1. The van der Waals surface area contributed by atoms with Gasteiger partial charge in [0.25, 0.3) is 0 Å². The molecule has 12 aromatic rings. The Bertz CT molecular complexity index is 3430. The van der Waals surface area contributed by atoms with E-state index in [2.05, 4.69) is 243 Å². The molecule has 288 valence electrons. The van der Waals surface area contributed by atoms with Gasteiger partial charge in [-0.05, 0) is 157 Å². The molecule has 0 bridgehead atoms. The van der Waals surface area contributed by atoms with Crippen LogP contribution in [0.3, 0.4) is 0 Å². The predicted molar refractivity (Wildman–Crippen MR) is 267 cm³/mol. The quantitative estimate of drug-likeness (QED) is 0.158. The Morgan fingerprint density at radius 2 is 0.468 bits per heavy atom. The van der Waals surface area contributed by atoms with Crippen molar-refractivity contribution in [1.29, 1.82) is 0 Å². The molecule has 0 unspecified atom stereocenters.